The molecule has 1 aliphatic heterocycles. The Hall–Kier alpha value is -4.67. The van der Waals surface area contributed by atoms with Crippen LogP contribution in [0.2, 0.25) is 0 Å². The highest BCUT2D eigenvalue weighted by Gasteiger charge is 2.23. The highest BCUT2D eigenvalue weighted by atomic mass is 19.3. The first kappa shape index (κ1) is 29.4. The van der Waals surface area contributed by atoms with Crippen LogP contribution in [0.15, 0.2) is 91.0 Å². The summed E-state index contributed by atoms with van der Waals surface area (Å²) in [4.78, 5) is 7.65. The van der Waals surface area contributed by atoms with Crippen LogP contribution in [0.1, 0.15) is 42.1 Å². The lowest BCUT2D eigenvalue weighted by molar-refractivity contribution is -0.0498. The molecule has 44 heavy (non-hydrogen) atoms. The van der Waals surface area contributed by atoms with Crippen molar-refractivity contribution in [3.05, 3.63) is 126 Å². The summed E-state index contributed by atoms with van der Waals surface area (Å²) < 4.78 is 32.6. The van der Waals surface area contributed by atoms with Gasteiger partial charge in [0.25, 0.3) is 0 Å². The maximum absolute atomic E-state index is 12.8. The molecule has 0 fully saturated rings. The summed E-state index contributed by atoms with van der Waals surface area (Å²) in [5.74, 6) is 1.10. The van der Waals surface area contributed by atoms with Crippen LogP contribution in [0.25, 0.3) is 22.6 Å². The Morgan fingerprint density at radius 1 is 0.955 bits per heavy atom. The van der Waals surface area contributed by atoms with Gasteiger partial charge in [0.1, 0.15) is 17.3 Å². The summed E-state index contributed by atoms with van der Waals surface area (Å²) in [5.41, 5.74) is 8.79. The SMILES string of the molecule is CCCCn1c(-c2ccccc2)nc(-c2c#cccc2)c1CN(Cc1ccc(OC(F)F)cc1)Cc1ccc2c(c1)CCN2. The second-order valence-electron chi connectivity index (χ2n) is 11.1. The molecule has 2 heterocycles. The fraction of sp³-hybridized carbons (Fsp3) is 0.270. The average molecular weight is 591 g/mol. The number of hydrogen-bond acceptors (Lipinski definition) is 4. The number of halogens is 2. The molecular formula is C37H36F2N4O. The third-order valence-electron chi connectivity index (χ3n) is 7.96. The van der Waals surface area contributed by atoms with Gasteiger partial charge in [0.05, 0.1) is 11.3 Å². The van der Waals surface area contributed by atoms with Crippen molar-refractivity contribution >= 4 is 5.69 Å². The molecule has 0 radical (unpaired) electrons. The number of ether oxygens (including phenoxy) is 1. The van der Waals surface area contributed by atoms with Crippen molar-refractivity contribution in [2.45, 2.75) is 59.0 Å². The molecule has 1 aromatic heterocycles. The molecule has 224 valence electrons. The predicted molar refractivity (Wildman–Crippen MR) is 170 cm³/mol. The van der Waals surface area contributed by atoms with Gasteiger partial charge < -0.3 is 14.6 Å². The first-order chi connectivity index (χ1) is 21.6. The van der Waals surface area contributed by atoms with Crippen LogP contribution >= 0.6 is 0 Å². The molecule has 0 aliphatic carbocycles. The molecular weight excluding hydrogens is 554 g/mol. The summed E-state index contributed by atoms with van der Waals surface area (Å²) in [5, 5.41) is 3.45. The van der Waals surface area contributed by atoms with Crippen LogP contribution in [0.5, 0.6) is 5.75 Å². The van der Waals surface area contributed by atoms with E-state index in [4.69, 9.17) is 4.98 Å². The van der Waals surface area contributed by atoms with Crippen molar-refractivity contribution in [3.63, 3.8) is 0 Å². The molecule has 0 spiro atoms. The maximum Gasteiger partial charge on any atom is 0.387 e. The summed E-state index contributed by atoms with van der Waals surface area (Å²) in [7, 11) is 0. The first-order valence-corrected chi connectivity index (χ1v) is 15.2. The summed E-state index contributed by atoms with van der Waals surface area (Å²) in [6, 6.07) is 36.2. The van der Waals surface area contributed by atoms with E-state index in [2.05, 4.69) is 68.9 Å². The Morgan fingerprint density at radius 3 is 2.50 bits per heavy atom. The summed E-state index contributed by atoms with van der Waals surface area (Å²) >= 11 is 0. The minimum Gasteiger partial charge on any atom is -0.435 e. The Bertz CT molecular complexity index is 1650. The van der Waals surface area contributed by atoms with Gasteiger partial charge in [-0.05, 0) is 59.9 Å². The van der Waals surface area contributed by atoms with E-state index in [1.165, 1.54) is 16.8 Å². The fourth-order valence-electron chi connectivity index (χ4n) is 5.85. The number of fused-ring (bicyclic) bond motifs is 1. The van der Waals surface area contributed by atoms with E-state index in [9.17, 15) is 8.78 Å². The van der Waals surface area contributed by atoms with Gasteiger partial charge in [0.2, 0.25) is 0 Å². The molecule has 4 aromatic carbocycles. The van der Waals surface area contributed by atoms with Gasteiger partial charge in [-0.15, -0.1) is 0 Å². The standard InChI is InChI=1S/C37H36F2N4O/c1-2-3-22-43-34(35(29-10-6-4-7-11-29)41-36(43)30-12-8-5-9-13-30)26-42(24-27-14-17-32(18-15-27)44-37(38)39)25-28-16-19-33-31(23-28)20-21-40-33/h4-6,8-10,12-19,23,37,40H,2-3,20-22,24-26H2,1H3. The lowest BCUT2D eigenvalue weighted by Crippen LogP contribution is -2.24. The number of nitrogens with one attached hydrogen (secondary N) is 1. The largest absolute Gasteiger partial charge is 0.435 e. The van der Waals surface area contributed by atoms with Crippen LogP contribution in [-0.4, -0.2) is 27.6 Å². The number of nitrogens with zero attached hydrogens (tertiary/aromatic N) is 3. The van der Waals surface area contributed by atoms with Gasteiger partial charge in [-0.1, -0.05) is 86.1 Å². The zero-order valence-corrected chi connectivity index (χ0v) is 24.9. The van der Waals surface area contributed by atoms with E-state index in [1.54, 1.807) is 12.1 Å². The van der Waals surface area contributed by atoms with Gasteiger partial charge in [0, 0.05) is 44.0 Å². The topological polar surface area (TPSA) is 42.3 Å². The van der Waals surface area contributed by atoms with Crippen molar-refractivity contribution in [1.82, 2.24) is 14.5 Å². The summed E-state index contributed by atoms with van der Waals surface area (Å²) in [6.07, 6.45) is 3.10. The Balaban J connectivity index is 1.41. The van der Waals surface area contributed by atoms with Crippen molar-refractivity contribution in [2.75, 3.05) is 11.9 Å². The van der Waals surface area contributed by atoms with Crippen LogP contribution < -0.4 is 10.1 Å². The number of aromatic nitrogens is 2. The molecule has 5 nitrogen and oxygen atoms in total. The number of anilines is 1. The second-order valence-corrected chi connectivity index (χ2v) is 11.1. The number of alkyl halides is 2. The van der Waals surface area contributed by atoms with E-state index in [0.717, 1.165) is 66.3 Å². The van der Waals surface area contributed by atoms with Crippen molar-refractivity contribution in [2.24, 2.45) is 0 Å². The highest BCUT2D eigenvalue weighted by molar-refractivity contribution is 5.67. The number of unbranched alkanes of at least 4 members (excludes halogenated alkanes) is 1. The lowest BCUT2D eigenvalue weighted by atomic mass is 10.1. The lowest BCUT2D eigenvalue weighted by Gasteiger charge is -2.25. The smallest absolute Gasteiger partial charge is 0.387 e. The predicted octanol–water partition coefficient (Wildman–Crippen LogP) is 8.39. The van der Waals surface area contributed by atoms with E-state index in [0.29, 0.717) is 19.6 Å². The molecule has 1 N–H and O–H groups in total. The van der Waals surface area contributed by atoms with E-state index in [-0.39, 0.29) is 5.75 Å². The molecule has 5 aromatic rings. The number of imidazole rings is 1. The molecule has 0 saturated heterocycles. The van der Waals surface area contributed by atoms with Crippen molar-refractivity contribution < 1.29 is 13.5 Å². The molecule has 0 unspecified atom stereocenters. The van der Waals surface area contributed by atoms with Gasteiger partial charge in [0.15, 0.2) is 0 Å². The second kappa shape index (κ2) is 13.7. The monoisotopic (exact) mass is 590 g/mol. The molecule has 0 amide bonds. The summed E-state index contributed by atoms with van der Waals surface area (Å²) in [6.45, 7) is 3.13. The number of benzene rings is 3. The third kappa shape index (κ3) is 6.93. The van der Waals surface area contributed by atoms with Crippen LogP contribution in [-0.2, 0) is 32.6 Å². The zero-order valence-electron chi connectivity index (χ0n) is 24.9. The Labute approximate surface area is 258 Å². The van der Waals surface area contributed by atoms with Gasteiger partial charge in [-0.3, -0.25) is 4.90 Å². The molecule has 7 heteroatoms. The van der Waals surface area contributed by atoms with Crippen LogP contribution in [0.4, 0.5) is 14.5 Å². The number of rotatable bonds is 13. The van der Waals surface area contributed by atoms with E-state index in [1.807, 2.05) is 48.5 Å². The highest BCUT2D eigenvalue weighted by Crippen LogP contribution is 2.32. The quantitative estimate of drug-likeness (QED) is 0.150. The first-order valence-electron chi connectivity index (χ1n) is 15.2. The Kier molecular flexibility index (Phi) is 9.19. The minimum absolute atomic E-state index is 0.157. The van der Waals surface area contributed by atoms with Gasteiger partial charge in [-0.25, -0.2) is 4.98 Å². The van der Waals surface area contributed by atoms with E-state index >= 15 is 0 Å². The van der Waals surface area contributed by atoms with E-state index < -0.39 is 6.61 Å². The minimum atomic E-state index is -2.85. The van der Waals surface area contributed by atoms with Crippen molar-refractivity contribution in [1.29, 1.82) is 0 Å². The average Bonchev–Trinajstić information content (AvgIpc) is 3.66. The molecule has 0 saturated carbocycles. The Morgan fingerprint density at radius 2 is 1.75 bits per heavy atom. The zero-order chi connectivity index (χ0) is 30.3. The molecule has 0 atom stereocenters. The van der Waals surface area contributed by atoms with Crippen LogP contribution in [0.3, 0.4) is 0 Å². The normalized spacial score (nSPS) is 12.3. The molecule has 1 aliphatic rings. The van der Waals surface area contributed by atoms with Crippen molar-refractivity contribution in [3.8, 4) is 28.4 Å². The van der Waals surface area contributed by atoms with Crippen LogP contribution in [0, 0.1) is 12.1 Å². The maximum atomic E-state index is 12.8. The van der Waals surface area contributed by atoms with Gasteiger partial charge >= 0.3 is 6.61 Å². The van der Waals surface area contributed by atoms with Gasteiger partial charge in [-0.2, -0.15) is 8.78 Å². The molecule has 0 bridgehead atoms. The molecule has 6 rings (SSSR count). The fourth-order valence-corrected chi connectivity index (χ4v) is 5.85. The number of hydrogen-bond donors (Lipinski definition) is 1. The third-order valence-corrected chi connectivity index (χ3v) is 7.96.